The van der Waals surface area contributed by atoms with E-state index in [2.05, 4.69) is 6.92 Å². The lowest BCUT2D eigenvalue weighted by Gasteiger charge is -2.13. The Balaban J connectivity index is 2.14. The van der Waals surface area contributed by atoms with Gasteiger partial charge in [-0.15, -0.1) is 0 Å². The van der Waals surface area contributed by atoms with Crippen molar-refractivity contribution in [3.8, 4) is 5.75 Å². The number of primary amides is 1. The second-order valence-electron chi connectivity index (χ2n) is 6.52. The molecule has 0 saturated heterocycles. The average molecular weight is 319 g/mol. The fourth-order valence-electron chi connectivity index (χ4n) is 3.02. The van der Waals surface area contributed by atoms with Crippen LogP contribution in [0.4, 0.5) is 0 Å². The summed E-state index contributed by atoms with van der Waals surface area (Å²) in [5, 5.41) is 9.33. The Hall–Kier alpha value is -1.51. The van der Waals surface area contributed by atoms with E-state index in [4.69, 9.17) is 5.73 Å². The molecular formula is C20H33NO2. The molecule has 3 N–H and O–H groups in total. The fourth-order valence-corrected chi connectivity index (χ4v) is 3.02. The molecule has 3 nitrogen and oxygen atoms in total. The Morgan fingerprint density at radius 3 is 1.87 bits per heavy atom. The molecule has 0 heterocycles. The van der Waals surface area contributed by atoms with Crippen LogP contribution in [0.15, 0.2) is 24.3 Å². The van der Waals surface area contributed by atoms with Crippen LogP contribution in [-0.2, 0) is 4.79 Å². The zero-order valence-electron chi connectivity index (χ0n) is 14.6. The van der Waals surface area contributed by atoms with Crippen LogP contribution in [0.25, 0.3) is 0 Å². The van der Waals surface area contributed by atoms with Crippen LogP contribution >= 0.6 is 0 Å². The number of benzene rings is 1. The normalized spacial score (nSPS) is 12.2. The highest BCUT2D eigenvalue weighted by Gasteiger charge is 2.17. The van der Waals surface area contributed by atoms with Gasteiger partial charge in [-0.3, -0.25) is 4.79 Å². The maximum Gasteiger partial charge on any atom is 0.224 e. The minimum atomic E-state index is -0.272. The average Bonchev–Trinajstić information content (AvgIpc) is 2.53. The summed E-state index contributed by atoms with van der Waals surface area (Å²) in [5.74, 6) is -0.285. The molecule has 1 aromatic carbocycles. The first-order chi connectivity index (χ1) is 11.1. The van der Waals surface area contributed by atoms with Crippen LogP contribution < -0.4 is 5.73 Å². The van der Waals surface area contributed by atoms with Gasteiger partial charge in [-0.1, -0.05) is 83.3 Å². The summed E-state index contributed by atoms with van der Waals surface area (Å²) >= 11 is 0. The van der Waals surface area contributed by atoms with Gasteiger partial charge in [-0.2, -0.15) is 0 Å². The zero-order valence-corrected chi connectivity index (χ0v) is 14.6. The van der Waals surface area contributed by atoms with Crippen molar-refractivity contribution in [2.45, 2.75) is 83.5 Å². The van der Waals surface area contributed by atoms with Gasteiger partial charge in [0.05, 0.1) is 5.92 Å². The number of phenols is 1. The Labute approximate surface area is 141 Å². The molecule has 0 fully saturated rings. The Morgan fingerprint density at radius 2 is 1.39 bits per heavy atom. The number of hydrogen-bond donors (Lipinski definition) is 2. The molecule has 0 radical (unpaired) electrons. The SMILES string of the molecule is CCCCCCCCCCCCC(C(N)=O)c1ccc(O)cc1. The van der Waals surface area contributed by atoms with Crippen molar-refractivity contribution >= 4 is 5.91 Å². The van der Waals surface area contributed by atoms with E-state index in [-0.39, 0.29) is 17.6 Å². The Morgan fingerprint density at radius 1 is 0.913 bits per heavy atom. The Kier molecular flexibility index (Phi) is 10.2. The molecule has 3 heteroatoms. The molecule has 0 bridgehead atoms. The van der Waals surface area contributed by atoms with E-state index in [9.17, 15) is 9.90 Å². The predicted molar refractivity (Wildman–Crippen MR) is 96.5 cm³/mol. The number of hydrogen-bond acceptors (Lipinski definition) is 2. The molecule has 0 aliphatic heterocycles. The van der Waals surface area contributed by atoms with E-state index < -0.39 is 0 Å². The van der Waals surface area contributed by atoms with Crippen molar-refractivity contribution in [2.24, 2.45) is 5.73 Å². The summed E-state index contributed by atoms with van der Waals surface area (Å²) in [5.41, 5.74) is 6.43. The quantitative estimate of drug-likeness (QED) is 0.486. The highest BCUT2D eigenvalue weighted by Crippen LogP contribution is 2.24. The standard InChI is InChI=1S/C20H33NO2/c1-2-3-4-5-6-7-8-9-10-11-12-19(20(21)23)17-13-15-18(22)16-14-17/h13-16,19,22H,2-12H2,1H3,(H2,21,23). The number of phenolic OH excluding ortho intramolecular Hbond substituents is 1. The van der Waals surface area contributed by atoms with Crippen LogP contribution in [0.5, 0.6) is 5.75 Å². The van der Waals surface area contributed by atoms with Gasteiger partial charge in [0, 0.05) is 0 Å². The molecule has 1 rings (SSSR count). The number of aromatic hydroxyl groups is 1. The third-order valence-electron chi connectivity index (χ3n) is 4.49. The first-order valence-corrected chi connectivity index (χ1v) is 9.23. The molecule has 23 heavy (non-hydrogen) atoms. The number of rotatable bonds is 13. The van der Waals surface area contributed by atoms with Gasteiger partial charge >= 0.3 is 0 Å². The van der Waals surface area contributed by atoms with Crippen molar-refractivity contribution in [1.82, 2.24) is 0 Å². The van der Waals surface area contributed by atoms with Gasteiger partial charge in [-0.25, -0.2) is 0 Å². The molecule has 1 aromatic rings. The molecule has 1 amide bonds. The van der Waals surface area contributed by atoms with E-state index in [0.29, 0.717) is 0 Å². The number of amides is 1. The topological polar surface area (TPSA) is 63.3 Å². The lowest BCUT2D eigenvalue weighted by Crippen LogP contribution is -2.21. The lowest BCUT2D eigenvalue weighted by molar-refractivity contribution is -0.119. The molecule has 0 saturated carbocycles. The number of carbonyl (C=O) groups is 1. The van der Waals surface area contributed by atoms with E-state index in [0.717, 1.165) is 24.8 Å². The Bertz CT molecular complexity index is 428. The minimum Gasteiger partial charge on any atom is -0.508 e. The van der Waals surface area contributed by atoms with Gasteiger partial charge in [0.2, 0.25) is 5.91 Å². The van der Waals surface area contributed by atoms with Crippen LogP contribution in [0.2, 0.25) is 0 Å². The molecule has 0 aromatic heterocycles. The van der Waals surface area contributed by atoms with Crippen molar-refractivity contribution in [3.05, 3.63) is 29.8 Å². The first kappa shape index (κ1) is 19.5. The third kappa shape index (κ3) is 8.63. The number of carbonyl (C=O) groups excluding carboxylic acids is 1. The summed E-state index contributed by atoms with van der Waals surface area (Å²) < 4.78 is 0. The monoisotopic (exact) mass is 319 g/mol. The van der Waals surface area contributed by atoms with Crippen molar-refractivity contribution in [3.63, 3.8) is 0 Å². The van der Waals surface area contributed by atoms with Crippen molar-refractivity contribution < 1.29 is 9.90 Å². The molecule has 0 aliphatic carbocycles. The lowest BCUT2D eigenvalue weighted by atomic mass is 9.92. The van der Waals surface area contributed by atoms with E-state index in [1.807, 2.05) is 0 Å². The van der Waals surface area contributed by atoms with Crippen LogP contribution in [-0.4, -0.2) is 11.0 Å². The van der Waals surface area contributed by atoms with Gasteiger partial charge < -0.3 is 10.8 Å². The molecule has 1 atom stereocenters. The predicted octanol–water partition coefficient (Wildman–Crippen LogP) is 5.27. The zero-order chi connectivity index (χ0) is 16.9. The van der Waals surface area contributed by atoms with Gasteiger partial charge in [0.1, 0.15) is 5.75 Å². The number of unbranched alkanes of at least 4 members (excludes halogenated alkanes) is 9. The van der Waals surface area contributed by atoms with Crippen LogP contribution in [0.3, 0.4) is 0 Å². The third-order valence-corrected chi connectivity index (χ3v) is 4.49. The first-order valence-electron chi connectivity index (χ1n) is 9.23. The maximum atomic E-state index is 11.6. The van der Waals surface area contributed by atoms with Gasteiger partial charge in [-0.05, 0) is 24.1 Å². The summed E-state index contributed by atoms with van der Waals surface area (Å²) in [6, 6.07) is 6.82. The molecule has 130 valence electrons. The summed E-state index contributed by atoms with van der Waals surface area (Å²) in [4.78, 5) is 11.6. The second-order valence-corrected chi connectivity index (χ2v) is 6.52. The minimum absolute atomic E-state index is 0.218. The smallest absolute Gasteiger partial charge is 0.224 e. The molecular weight excluding hydrogens is 286 g/mol. The van der Waals surface area contributed by atoms with E-state index in [1.54, 1.807) is 24.3 Å². The van der Waals surface area contributed by atoms with Crippen LogP contribution in [0, 0.1) is 0 Å². The summed E-state index contributed by atoms with van der Waals surface area (Å²) in [6.45, 7) is 2.25. The number of nitrogens with two attached hydrogens (primary N) is 1. The highest BCUT2D eigenvalue weighted by atomic mass is 16.3. The van der Waals surface area contributed by atoms with Crippen LogP contribution in [0.1, 0.15) is 89.0 Å². The van der Waals surface area contributed by atoms with E-state index in [1.165, 1.54) is 51.4 Å². The maximum absolute atomic E-state index is 11.6. The second kappa shape index (κ2) is 12.0. The van der Waals surface area contributed by atoms with Crippen molar-refractivity contribution in [2.75, 3.05) is 0 Å². The molecule has 1 unspecified atom stereocenters. The van der Waals surface area contributed by atoms with E-state index >= 15 is 0 Å². The van der Waals surface area contributed by atoms with Gasteiger partial charge in [0.15, 0.2) is 0 Å². The van der Waals surface area contributed by atoms with Crippen molar-refractivity contribution in [1.29, 1.82) is 0 Å². The summed E-state index contributed by atoms with van der Waals surface area (Å²) in [6.07, 6.45) is 13.7. The summed E-state index contributed by atoms with van der Waals surface area (Å²) in [7, 11) is 0. The molecule has 0 aliphatic rings. The highest BCUT2D eigenvalue weighted by molar-refractivity contribution is 5.81. The molecule has 0 spiro atoms. The largest absolute Gasteiger partial charge is 0.508 e. The fraction of sp³-hybridized carbons (Fsp3) is 0.650. The van der Waals surface area contributed by atoms with Gasteiger partial charge in [0.25, 0.3) is 0 Å².